The molecule has 0 bridgehead atoms. The topological polar surface area (TPSA) is 54.3 Å². The van der Waals surface area contributed by atoms with Crippen molar-refractivity contribution in [3.8, 4) is 0 Å². The number of benzene rings is 1. The van der Waals surface area contributed by atoms with Crippen molar-refractivity contribution < 1.29 is 9.21 Å². The zero-order chi connectivity index (χ0) is 16.1. The molecular weight excluding hydrogens is 308 g/mol. The minimum absolute atomic E-state index is 0.0996. The van der Waals surface area contributed by atoms with Crippen LogP contribution in [0.4, 0.5) is 0 Å². The second kappa shape index (κ2) is 7.70. The number of carbonyl (C=O) groups excluding carboxylic acids is 1. The van der Waals surface area contributed by atoms with Crippen LogP contribution in [0.3, 0.4) is 0 Å². The summed E-state index contributed by atoms with van der Waals surface area (Å²) < 4.78 is 5.45. The van der Waals surface area contributed by atoms with E-state index >= 15 is 0 Å². The summed E-state index contributed by atoms with van der Waals surface area (Å²) in [7, 11) is 0. The summed E-state index contributed by atoms with van der Waals surface area (Å²) in [5, 5.41) is 6.47. The van der Waals surface area contributed by atoms with Crippen LogP contribution in [0, 0.1) is 5.92 Å². The van der Waals surface area contributed by atoms with Crippen LogP contribution in [-0.4, -0.2) is 25.0 Å². The van der Waals surface area contributed by atoms with Gasteiger partial charge in [-0.2, -0.15) is 0 Å². The molecule has 122 valence electrons. The van der Waals surface area contributed by atoms with Crippen LogP contribution in [0.25, 0.3) is 0 Å². The minimum atomic E-state index is -0.0996. The fourth-order valence-electron chi connectivity index (χ4n) is 2.79. The van der Waals surface area contributed by atoms with Crippen LogP contribution >= 0.6 is 11.8 Å². The van der Waals surface area contributed by atoms with Gasteiger partial charge < -0.3 is 15.1 Å². The highest BCUT2D eigenvalue weighted by Gasteiger charge is 2.25. The molecule has 2 unspecified atom stereocenters. The van der Waals surface area contributed by atoms with Crippen LogP contribution in [0.15, 0.2) is 52.0 Å². The number of nitrogens with one attached hydrogen (secondary N) is 2. The van der Waals surface area contributed by atoms with E-state index < -0.39 is 0 Å². The van der Waals surface area contributed by atoms with Crippen molar-refractivity contribution in [1.29, 1.82) is 0 Å². The van der Waals surface area contributed by atoms with Crippen molar-refractivity contribution in [3.05, 3.63) is 54.0 Å². The predicted octanol–water partition coefficient (Wildman–Crippen LogP) is 3.30. The third-order valence-corrected chi connectivity index (χ3v) is 5.25. The van der Waals surface area contributed by atoms with E-state index in [4.69, 9.17) is 4.42 Å². The molecule has 2 aromatic rings. The number of carbonyl (C=O) groups is 1. The molecule has 1 aromatic carbocycles. The Morgan fingerprint density at radius 2 is 2.17 bits per heavy atom. The van der Waals surface area contributed by atoms with E-state index in [0.29, 0.717) is 11.7 Å². The Labute approximate surface area is 141 Å². The van der Waals surface area contributed by atoms with Crippen LogP contribution in [-0.2, 0) is 5.75 Å². The van der Waals surface area contributed by atoms with Gasteiger partial charge in [0.15, 0.2) is 5.76 Å². The first-order valence-electron chi connectivity index (χ1n) is 8.00. The third kappa shape index (κ3) is 4.18. The molecule has 3 rings (SSSR count). The molecule has 0 spiro atoms. The molecular formula is C18H22N2O2S. The lowest BCUT2D eigenvalue weighted by molar-refractivity contribution is 0.0885. The van der Waals surface area contributed by atoms with Crippen LogP contribution in [0.5, 0.6) is 0 Å². The largest absolute Gasteiger partial charge is 0.459 e. The van der Waals surface area contributed by atoms with Gasteiger partial charge in [-0.05, 0) is 43.6 Å². The zero-order valence-corrected chi connectivity index (χ0v) is 14.1. The second-order valence-electron chi connectivity index (χ2n) is 5.93. The molecule has 2 atom stereocenters. The molecule has 1 aliphatic heterocycles. The highest BCUT2D eigenvalue weighted by Crippen LogP contribution is 2.25. The Kier molecular flexibility index (Phi) is 5.41. The third-order valence-electron chi connectivity index (χ3n) is 4.19. The average Bonchev–Trinajstić information content (AvgIpc) is 3.05. The zero-order valence-electron chi connectivity index (χ0n) is 13.2. The molecule has 0 aliphatic carbocycles. The van der Waals surface area contributed by atoms with Crippen molar-refractivity contribution in [1.82, 2.24) is 10.6 Å². The Bertz CT molecular complexity index is 641. The fourth-order valence-corrected chi connectivity index (χ4v) is 3.69. The molecule has 5 heteroatoms. The summed E-state index contributed by atoms with van der Waals surface area (Å²) in [5.74, 6) is 1.51. The molecule has 1 fully saturated rings. The Morgan fingerprint density at radius 1 is 1.35 bits per heavy atom. The smallest absolute Gasteiger partial charge is 0.287 e. The van der Waals surface area contributed by atoms with Crippen molar-refractivity contribution in [3.63, 3.8) is 0 Å². The molecule has 1 amide bonds. The predicted molar refractivity (Wildman–Crippen MR) is 92.6 cm³/mol. The van der Waals surface area contributed by atoms with E-state index in [0.717, 1.165) is 30.8 Å². The first-order chi connectivity index (χ1) is 11.2. The van der Waals surface area contributed by atoms with Gasteiger partial charge in [-0.15, -0.1) is 11.8 Å². The number of piperidine rings is 1. The molecule has 23 heavy (non-hydrogen) atoms. The first kappa shape index (κ1) is 16.1. The molecule has 1 aliphatic rings. The number of hydrogen-bond donors (Lipinski definition) is 2. The number of amides is 1. The molecule has 2 heterocycles. The van der Waals surface area contributed by atoms with Gasteiger partial charge in [0.25, 0.3) is 5.91 Å². The number of thioether (sulfide) groups is 1. The first-order valence-corrected chi connectivity index (χ1v) is 8.98. The SMILES string of the molecule is CC1CNCCC1NC(=O)c1occc1CSc1ccccc1. The lowest BCUT2D eigenvalue weighted by Crippen LogP contribution is -2.48. The summed E-state index contributed by atoms with van der Waals surface area (Å²) >= 11 is 1.71. The normalized spacial score (nSPS) is 21.1. The highest BCUT2D eigenvalue weighted by molar-refractivity contribution is 7.98. The number of furan rings is 1. The van der Waals surface area contributed by atoms with E-state index in [9.17, 15) is 4.79 Å². The van der Waals surface area contributed by atoms with Gasteiger partial charge in [0.05, 0.1) is 6.26 Å². The maximum absolute atomic E-state index is 12.5. The minimum Gasteiger partial charge on any atom is -0.459 e. The summed E-state index contributed by atoms with van der Waals surface area (Å²) in [6, 6.07) is 12.3. The monoisotopic (exact) mass is 330 g/mol. The Balaban J connectivity index is 1.62. The second-order valence-corrected chi connectivity index (χ2v) is 6.98. The fraction of sp³-hybridized carbons (Fsp3) is 0.389. The van der Waals surface area contributed by atoms with Crippen LogP contribution < -0.4 is 10.6 Å². The van der Waals surface area contributed by atoms with Crippen molar-refractivity contribution >= 4 is 17.7 Å². The maximum atomic E-state index is 12.5. The summed E-state index contributed by atoms with van der Waals surface area (Å²) in [6.45, 7) is 4.05. The highest BCUT2D eigenvalue weighted by atomic mass is 32.2. The van der Waals surface area contributed by atoms with E-state index in [2.05, 4.69) is 29.7 Å². The standard InChI is InChI=1S/C18H22N2O2S/c1-13-11-19-9-7-16(13)20-18(21)17-14(8-10-22-17)12-23-15-5-3-2-4-6-15/h2-6,8,10,13,16,19H,7,9,11-12H2,1H3,(H,20,21). The number of hydrogen-bond acceptors (Lipinski definition) is 4. The van der Waals surface area contributed by atoms with Gasteiger partial charge in [0.2, 0.25) is 0 Å². The van der Waals surface area contributed by atoms with Crippen molar-refractivity contribution in [2.45, 2.75) is 30.0 Å². The Hall–Kier alpha value is -1.72. The molecule has 0 saturated carbocycles. The molecule has 1 aromatic heterocycles. The van der Waals surface area contributed by atoms with E-state index in [1.807, 2.05) is 24.3 Å². The van der Waals surface area contributed by atoms with E-state index in [-0.39, 0.29) is 11.9 Å². The molecule has 2 N–H and O–H groups in total. The van der Waals surface area contributed by atoms with Crippen LogP contribution in [0.2, 0.25) is 0 Å². The van der Waals surface area contributed by atoms with Crippen LogP contribution in [0.1, 0.15) is 29.5 Å². The van der Waals surface area contributed by atoms with Gasteiger partial charge in [-0.3, -0.25) is 4.79 Å². The lowest BCUT2D eigenvalue weighted by atomic mass is 9.95. The molecule has 0 radical (unpaired) electrons. The van der Waals surface area contributed by atoms with Gasteiger partial charge in [0.1, 0.15) is 0 Å². The number of rotatable bonds is 5. The van der Waals surface area contributed by atoms with Gasteiger partial charge >= 0.3 is 0 Å². The van der Waals surface area contributed by atoms with Crippen molar-refractivity contribution in [2.75, 3.05) is 13.1 Å². The quantitative estimate of drug-likeness (QED) is 0.826. The van der Waals surface area contributed by atoms with Crippen molar-refractivity contribution in [2.24, 2.45) is 5.92 Å². The van der Waals surface area contributed by atoms with Gasteiger partial charge in [-0.25, -0.2) is 0 Å². The summed E-state index contributed by atoms with van der Waals surface area (Å²) in [5.41, 5.74) is 0.943. The van der Waals surface area contributed by atoms with Gasteiger partial charge in [-0.1, -0.05) is 25.1 Å². The summed E-state index contributed by atoms with van der Waals surface area (Å²) in [6.07, 6.45) is 2.56. The molecule has 4 nitrogen and oxygen atoms in total. The Morgan fingerprint density at radius 3 is 2.96 bits per heavy atom. The summed E-state index contributed by atoms with van der Waals surface area (Å²) in [4.78, 5) is 13.7. The van der Waals surface area contributed by atoms with E-state index in [1.54, 1.807) is 18.0 Å². The maximum Gasteiger partial charge on any atom is 0.287 e. The molecule has 1 saturated heterocycles. The van der Waals surface area contributed by atoms with E-state index in [1.165, 1.54) is 4.90 Å². The van der Waals surface area contributed by atoms with Gasteiger partial charge in [0, 0.05) is 22.3 Å². The average molecular weight is 330 g/mol. The lowest BCUT2D eigenvalue weighted by Gasteiger charge is -2.30.